The number of aromatic nitrogens is 1. The van der Waals surface area contributed by atoms with Gasteiger partial charge in [0.05, 0.1) is 12.8 Å². The van der Waals surface area contributed by atoms with Gasteiger partial charge in [0.25, 0.3) is 0 Å². The van der Waals surface area contributed by atoms with Gasteiger partial charge in [-0.25, -0.2) is 0 Å². The molecule has 0 aliphatic rings. The first-order valence-electron chi connectivity index (χ1n) is 9.18. The molecule has 0 radical (unpaired) electrons. The van der Waals surface area contributed by atoms with Gasteiger partial charge < -0.3 is 14.4 Å². The van der Waals surface area contributed by atoms with Crippen LogP contribution in [-0.2, 0) is 13.2 Å². The van der Waals surface area contributed by atoms with E-state index in [9.17, 15) is 9.90 Å². The average molecular weight is 343 g/mol. The molecule has 1 aromatic carbocycles. The maximum absolute atomic E-state index is 12.2. The molecular weight excluding hydrogens is 314 g/mol. The molecule has 1 heterocycles. The van der Waals surface area contributed by atoms with Gasteiger partial charge in [-0.3, -0.25) is 4.79 Å². The van der Waals surface area contributed by atoms with E-state index in [0.717, 1.165) is 18.4 Å². The number of unbranched alkanes of at least 4 members (excludes halogenated alkanes) is 3. The van der Waals surface area contributed by atoms with Crippen molar-refractivity contribution in [1.82, 2.24) is 4.57 Å². The third-order valence-corrected chi connectivity index (χ3v) is 4.48. The van der Waals surface area contributed by atoms with Crippen LogP contribution in [0.25, 0.3) is 0 Å². The second kappa shape index (κ2) is 10.0. The van der Waals surface area contributed by atoms with Gasteiger partial charge in [-0.1, -0.05) is 62.9 Å². The molecule has 4 heteroatoms. The first-order valence-corrected chi connectivity index (χ1v) is 9.18. The lowest BCUT2D eigenvalue weighted by Gasteiger charge is -2.21. The van der Waals surface area contributed by atoms with E-state index in [1.165, 1.54) is 25.3 Å². The molecule has 2 rings (SSSR count). The van der Waals surface area contributed by atoms with E-state index >= 15 is 0 Å². The topological polar surface area (TPSA) is 51.5 Å². The maximum atomic E-state index is 12.2. The van der Waals surface area contributed by atoms with Crippen molar-refractivity contribution in [1.29, 1.82) is 0 Å². The van der Waals surface area contributed by atoms with Gasteiger partial charge in [-0.15, -0.1) is 0 Å². The Balaban J connectivity index is 2.11. The highest BCUT2D eigenvalue weighted by Gasteiger charge is 2.12. The first kappa shape index (κ1) is 19.3. The largest absolute Gasteiger partial charge is 0.483 e. The van der Waals surface area contributed by atoms with Gasteiger partial charge in [0.15, 0.2) is 5.75 Å². The predicted molar refractivity (Wildman–Crippen MR) is 101 cm³/mol. The van der Waals surface area contributed by atoms with Crippen LogP contribution in [0.3, 0.4) is 0 Å². The number of aliphatic hydroxyl groups is 1. The zero-order valence-electron chi connectivity index (χ0n) is 15.3. The fraction of sp³-hybridized carbons (Fsp3) is 0.476. The van der Waals surface area contributed by atoms with Crippen molar-refractivity contribution in [3.05, 3.63) is 64.1 Å². The fourth-order valence-electron chi connectivity index (χ4n) is 2.96. The number of nitrogens with zero attached hydrogens (tertiary/aromatic N) is 1. The Morgan fingerprint density at radius 1 is 1.16 bits per heavy atom. The second-order valence-electron chi connectivity index (χ2n) is 6.53. The summed E-state index contributed by atoms with van der Waals surface area (Å²) in [6, 6.07) is 11.5. The predicted octanol–water partition coefficient (Wildman–Crippen LogP) is 4.45. The van der Waals surface area contributed by atoms with Crippen molar-refractivity contribution in [2.45, 2.75) is 65.2 Å². The molecule has 136 valence electrons. The van der Waals surface area contributed by atoms with Crippen molar-refractivity contribution in [3.8, 4) is 5.75 Å². The van der Waals surface area contributed by atoms with Crippen LogP contribution >= 0.6 is 0 Å². The number of ether oxygens (including phenoxy) is 1. The van der Waals surface area contributed by atoms with Crippen molar-refractivity contribution in [2.24, 2.45) is 0 Å². The van der Waals surface area contributed by atoms with Crippen LogP contribution in [0, 0.1) is 0 Å². The Labute approximate surface area is 150 Å². The van der Waals surface area contributed by atoms with Crippen LogP contribution in [0.4, 0.5) is 0 Å². The summed E-state index contributed by atoms with van der Waals surface area (Å²) in [5, 5.41) is 9.60. The monoisotopic (exact) mass is 343 g/mol. The molecule has 0 saturated heterocycles. The molecule has 4 nitrogen and oxygen atoms in total. The Morgan fingerprint density at radius 3 is 2.60 bits per heavy atom. The van der Waals surface area contributed by atoms with E-state index in [0.29, 0.717) is 18.1 Å². The van der Waals surface area contributed by atoms with E-state index in [2.05, 4.69) is 13.8 Å². The summed E-state index contributed by atoms with van der Waals surface area (Å²) in [6.07, 6.45) is 7.59. The summed E-state index contributed by atoms with van der Waals surface area (Å²) < 4.78 is 7.72. The molecule has 0 spiro atoms. The lowest BCUT2D eigenvalue weighted by atomic mass is 10.1. The molecule has 1 atom stereocenters. The number of hydrogen-bond acceptors (Lipinski definition) is 3. The Morgan fingerprint density at radius 2 is 1.92 bits per heavy atom. The van der Waals surface area contributed by atoms with E-state index in [1.54, 1.807) is 6.20 Å². The summed E-state index contributed by atoms with van der Waals surface area (Å²) in [6.45, 7) is 4.54. The number of benzene rings is 1. The molecule has 0 saturated carbocycles. The van der Waals surface area contributed by atoms with Crippen LogP contribution in [-0.4, -0.2) is 9.67 Å². The van der Waals surface area contributed by atoms with Crippen molar-refractivity contribution in [2.75, 3.05) is 0 Å². The SMILES string of the molecule is CCCCCCC(C)n1cc(OCc2ccccc2)c(=O)cc1CO. The number of hydrogen-bond donors (Lipinski definition) is 1. The van der Waals surface area contributed by atoms with Gasteiger partial charge >= 0.3 is 0 Å². The standard InChI is InChI=1S/C21H29NO3/c1-3-4-5-7-10-17(2)22-14-21(20(24)13-19(22)15-23)25-16-18-11-8-6-9-12-18/h6,8-9,11-14,17,23H,3-5,7,10,15-16H2,1-2H3. The number of pyridine rings is 1. The molecule has 0 bridgehead atoms. The first-order chi connectivity index (χ1) is 12.2. The van der Waals surface area contributed by atoms with Crippen LogP contribution in [0.5, 0.6) is 5.75 Å². The third kappa shape index (κ3) is 5.75. The summed E-state index contributed by atoms with van der Waals surface area (Å²) in [5.41, 5.74) is 1.47. The van der Waals surface area contributed by atoms with Gasteiger partial charge in [0.1, 0.15) is 6.61 Å². The van der Waals surface area contributed by atoms with E-state index in [4.69, 9.17) is 4.74 Å². The highest BCUT2D eigenvalue weighted by Crippen LogP contribution is 2.20. The summed E-state index contributed by atoms with van der Waals surface area (Å²) >= 11 is 0. The van der Waals surface area contributed by atoms with Crippen molar-refractivity contribution >= 4 is 0 Å². The molecule has 2 aromatic rings. The minimum atomic E-state index is -0.186. The zero-order valence-corrected chi connectivity index (χ0v) is 15.3. The fourth-order valence-corrected chi connectivity index (χ4v) is 2.96. The highest BCUT2D eigenvalue weighted by molar-refractivity contribution is 5.23. The van der Waals surface area contributed by atoms with Crippen LogP contribution in [0.1, 0.15) is 63.3 Å². The average Bonchev–Trinajstić information content (AvgIpc) is 2.64. The number of rotatable bonds is 10. The molecule has 1 aromatic heterocycles. The van der Waals surface area contributed by atoms with Crippen LogP contribution < -0.4 is 10.2 Å². The van der Waals surface area contributed by atoms with Gasteiger partial charge in [0.2, 0.25) is 5.43 Å². The third-order valence-electron chi connectivity index (χ3n) is 4.48. The van der Waals surface area contributed by atoms with Gasteiger partial charge in [-0.2, -0.15) is 0 Å². The number of aliphatic hydroxyl groups excluding tert-OH is 1. The lowest BCUT2D eigenvalue weighted by molar-refractivity contribution is 0.259. The van der Waals surface area contributed by atoms with Crippen LogP contribution in [0.15, 0.2) is 47.4 Å². The van der Waals surface area contributed by atoms with E-state index in [1.807, 2.05) is 34.9 Å². The minimum absolute atomic E-state index is 0.145. The minimum Gasteiger partial charge on any atom is -0.483 e. The molecule has 1 unspecified atom stereocenters. The molecule has 0 aliphatic carbocycles. The Bertz CT molecular complexity index is 694. The highest BCUT2D eigenvalue weighted by atomic mass is 16.5. The maximum Gasteiger partial charge on any atom is 0.223 e. The van der Waals surface area contributed by atoms with E-state index in [-0.39, 0.29) is 18.1 Å². The van der Waals surface area contributed by atoms with Gasteiger partial charge in [-0.05, 0) is 18.9 Å². The molecule has 1 N–H and O–H groups in total. The second-order valence-corrected chi connectivity index (χ2v) is 6.53. The normalized spacial score (nSPS) is 12.1. The Hall–Kier alpha value is -2.07. The zero-order chi connectivity index (χ0) is 18.1. The smallest absolute Gasteiger partial charge is 0.223 e. The van der Waals surface area contributed by atoms with Crippen molar-refractivity contribution in [3.63, 3.8) is 0 Å². The molecule has 25 heavy (non-hydrogen) atoms. The quantitative estimate of drug-likeness (QED) is 0.648. The molecule has 0 fully saturated rings. The molecule has 0 amide bonds. The summed E-state index contributed by atoms with van der Waals surface area (Å²) in [5.74, 6) is 0.335. The van der Waals surface area contributed by atoms with Gasteiger partial charge in [0, 0.05) is 17.8 Å². The molecular formula is C21H29NO3. The Kier molecular flexibility index (Phi) is 7.74. The summed E-state index contributed by atoms with van der Waals surface area (Å²) in [7, 11) is 0. The lowest BCUT2D eigenvalue weighted by Crippen LogP contribution is -2.18. The van der Waals surface area contributed by atoms with Crippen LogP contribution in [0.2, 0.25) is 0 Å². The van der Waals surface area contributed by atoms with E-state index < -0.39 is 0 Å². The summed E-state index contributed by atoms with van der Waals surface area (Å²) in [4.78, 5) is 12.2. The van der Waals surface area contributed by atoms with Crippen molar-refractivity contribution < 1.29 is 9.84 Å². The molecule has 0 aliphatic heterocycles.